The molecule has 2 aromatic rings. The summed E-state index contributed by atoms with van der Waals surface area (Å²) in [5.74, 6) is 1.13. The summed E-state index contributed by atoms with van der Waals surface area (Å²) in [5.41, 5.74) is 2.25. The van der Waals surface area contributed by atoms with E-state index in [4.69, 9.17) is 13.8 Å². The van der Waals surface area contributed by atoms with E-state index in [0.717, 1.165) is 16.6 Å². The smallest absolute Gasteiger partial charge is 0.399 e. The number of aromatic nitrogens is 2. The van der Waals surface area contributed by atoms with Crippen molar-refractivity contribution in [3.8, 4) is 11.5 Å². The monoisotopic (exact) mass is 300 g/mol. The first kappa shape index (κ1) is 15.2. The third kappa shape index (κ3) is 2.46. The Hall–Kier alpha value is -1.66. The lowest BCUT2D eigenvalue weighted by atomic mass is 9.75. The number of rotatable bonds is 2. The SMILES string of the molecule is Cc1noc(-c2ccc(C)c(B3OC(C)(C)C(C)(C)O3)c2)n1. The number of benzene rings is 1. The Labute approximate surface area is 131 Å². The molecule has 0 amide bonds. The van der Waals surface area contributed by atoms with Gasteiger partial charge >= 0.3 is 7.12 Å². The number of hydrogen-bond donors (Lipinski definition) is 0. The predicted molar refractivity (Wildman–Crippen MR) is 84.9 cm³/mol. The van der Waals surface area contributed by atoms with Gasteiger partial charge in [0.15, 0.2) is 5.82 Å². The van der Waals surface area contributed by atoms with Crippen molar-refractivity contribution in [2.75, 3.05) is 0 Å². The molecule has 0 bridgehead atoms. The molecular formula is C16H21BN2O3. The first-order valence-corrected chi connectivity index (χ1v) is 7.46. The standard InChI is InChI=1S/C16H21BN2O3/c1-10-7-8-12(14-18-11(2)19-20-14)9-13(10)17-21-15(3,4)16(5,6)22-17/h7-9H,1-6H3. The second-order valence-corrected chi connectivity index (χ2v) is 6.81. The third-order valence-electron chi connectivity index (χ3n) is 4.56. The molecule has 0 spiro atoms. The Balaban J connectivity index is 1.98. The highest BCUT2D eigenvalue weighted by atomic mass is 16.7. The lowest BCUT2D eigenvalue weighted by Gasteiger charge is -2.32. The maximum atomic E-state index is 6.14. The molecule has 0 atom stereocenters. The van der Waals surface area contributed by atoms with E-state index in [1.807, 2.05) is 52.8 Å². The van der Waals surface area contributed by atoms with Gasteiger partial charge in [0.1, 0.15) is 0 Å². The Morgan fingerprint density at radius 1 is 1.00 bits per heavy atom. The van der Waals surface area contributed by atoms with Crippen molar-refractivity contribution in [2.45, 2.75) is 52.7 Å². The normalized spacial score (nSPS) is 19.6. The van der Waals surface area contributed by atoms with Crippen molar-refractivity contribution in [1.29, 1.82) is 0 Å². The molecule has 0 radical (unpaired) electrons. The van der Waals surface area contributed by atoms with Gasteiger partial charge in [0.2, 0.25) is 0 Å². The van der Waals surface area contributed by atoms with Gasteiger partial charge in [-0.1, -0.05) is 16.8 Å². The summed E-state index contributed by atoms with van der Waals surface area (Å²) in [5, 5.41) is 3.84. The Bertz CT molecular complexity index is 693. The van der Waals surface area contributed by atoms with Crippen LogP contribution in [0.2, 0.25) is 0 Å². The fourth-order valence-electron chi connectivity index (χ4n) is 2.41. The molecule has 22 heavy (non-hydrogen) atoms. The van der Waals surface area contributed by atoms with E-state index >= 15 is 0 Å². The van der Waals surface area contributed by atoms with Crippen LogP contribution < -0.4 is 5.46 Å². The largest absolute Gasteiger partial charge is 0.495 e. The highest BCUT2D eigenvalue weighted by molar-refractivity contribution is 6.62. The summed E-state index contributed by atoms with van der Waals surface area (Å²) < 4.78 is 17.5. The molecule has 1 aliphatic rings. The predicted octanol–water partition coefficient (Wildman–Crippen LogP) is 2.65. The third-order valence-corrected chi connectivity index (χ3v) is 4.56. The highest BCUT2D eigenvalue weighted by Crippen LogP contribution is 2.36. The van der Waals surface area contributed by atoms with Crippen molar-refractivity contribution in [2.24, 2.45) is 0 Å². The molecule has 3 rings (SSSR count). The molecule has 0 aliphatic carbocycles. The van der Waals surface area contributed by atoms with Crippen LogP contribution in [0.25, 0.3) is 11.5 Å². The van der Waals surface area contributed by atoms with E-state index in [2.05, 4.69) is 10.1 Å². The lowest BCUT2D eigenvalue weighted by Crippen LogP contribution is -2.41. The van der Waals surface area contributed by atoms with Crippen molar-refractivity contribution in [1.82, 2.24) is 10.1 Å². The molecule has 1 aliphatic heterocycles. The summed E-state index contributed by atoms with van der Waals surface area (Å²) in [4.78, 5) is 4.28. The summed E-state index contributed by atoms with van der Waals surface area (Å²) in [6.07, 6.45) is 0. The number of aryl methyl sites for hydroxylation is 2. The zero-order valence-electron chi connectivity index (χ0n) is 13.9. The minimum Gasteiger partial charge on any atom is -0.399 e. The molecule has 0 unspecified atom stereocenters. The van der Waals surface area contributed by atoms with Gasteiger partial charge in [-0.2, -0.15) is 4.98 Å². The Kier molecular flexibility index (Phi) is 3.42. The zero-order valence-corrected chi connectivity index (χ0v) is 13.9. The number of hydrogen-bond acceptors (Lipinski definition) is 5. The van der Waals surface area contributed by atoms with Gasteiger partial charge in [-0.15, -0.1) is 0 Å². The maximum Gasteiger partial charge on any atom is 0.495 e. The van der Waals surface area contributed by atoms with Crippen molar-refractivity contribution in [3.63, 3.8) is 0 Å². The van der Waals surface area contributed by atoms with Crippen LogP contribution >= 0.6 is 0 Å². The van der Waals surface area contributed by atoms with Crippen LogP contribution in [0.5, 0.6) is 0 Å². The maximum absolute atomic E-state index is 6.14. The summed E-state index contributed by atoms with van der Waals surface area (Å²) in [7, 11) is -0.394. The molecule has 1 aromatic carbocycles. The van der Waals surface area contributed by atoms with Crippen LogP contribution in [0.3, 0.4) is 0 Å². The second-order valence-electron chi connectivity index (χ2n) is 6.81. The minimum absolute atomic E-state index is 0.360. The molecule has 1 aromatic heterocycles. The zero-order chi connectivity index (χ0) is 16.1. The van der Waals surface area contributed by atoms with Gasteiger partial charge in [0, 0.05) is 5.56 Å². The van der Waals surface area contributed by atoms with Crippen LogP contribution in [0, 0.1) is 13.8 Å². The van der Waals surface area contributed by atoms with Crippen molar-refractivity contribution in [3.05, 3.63) is 29.6 Å². The van der Waals surface area contributed by atoms with E-state index < -0.39 is 7.12 Å². The van der Waals surface area contributed by atoms with Gasteiger partial charge in [0.05, 0.1) is 11.2 Å². The molecule has 6 heteroatoms. The highest BCUT2D eigenvalue weighted by Gasteiger charge is 2.52. The van der Waals surface area contributed by atoms with Gasteiger partial charge in [-0.25, -0.2) is 0 Å². The van der Waals surface area contributed by atoms with E-state index in [1.165, 1.54) is 0 Å². The van der Waals surface area contributed by atoms with Crippen LogP contribution in [0.1, 0.15) is 39.1 Å². The van der Waals surface area contributed by atoms with Crippen LogP contribution in [0.15, 0.2) is 22.7 Å². The van der Waals surface area contributed by atoms with Gasteiger partial charge < -0.3 is 13.8 Å². The van der Waals surface area contributed by atoms with Crippen LogP contribution in [-0.2, 0) is 9.31 Å². The molecule has 0 N–H and O–H groups in total. The van der Waals surface area contributed by atoms with Crippen molar-refractivity contribution < 1.29 is 13.8 Å². The second kappa shape index (κ2) is 4.93. The number of nitrogens with zero attached hydrogens (tertiary/aromatic N) is 2. The Morgan fingerprint density at radius 2 is 1.64 bits per heavy atom. The van der Waals surface area contributed by atoms with Gasteiger partial charge in [-0.05, 0) is 59.1 Å². The Morgan fingerprint density at radius 3 is 2.18 bits per heavy atom. The summed E-state index contributed by atoms with van der Waals surface area (Å²) in [6.45, 7) is 12.0. The molecular weight excluding hydrogens is 279 g/mol. The van der Waals surface area contributed by atoms with Gasteiger partial charge in [-0.3, -0.25) is 0 Å². The molecule has 2 heterocycles. The first-order chi connectivity index (χ1) is 10.2. The summed E-state index contributed by atoms with van der Waals surface area (Å²) >= 11 is 0. The van der Waals surface area contributed by atoms with Gasteiger partial charge in [0.25, 0.3) is 5.89 Å². The topological polar surface area (TPSA) is 57.4 Å². The van der Waals surface area contributed by atoms with E-state index in [1.54, 1.807) is 6.92 Å². The quantitative estimate of drug-likeness (QED) is 0.798. The molecule has 1 fully saturated rings. The molecule has 0 saturated carbocycles. The van der Waals surface area contributed by atoms with E-state index in [-0.39, 0.29) is 11.2 Å². The minimum atomic E-state index is -0.394. The average molecular weight is 300 g/mol. The van der Waals surface area contributed by atoms with E-state index in [9.17, 15) is 0 Å². The van der Waals surface area contributed by atoms with E-state index in [0.29, 0.717) is 11.7 Å². The van der Waals surface area contributed by atoms with Crippen molar-refractivity contribution >= 4 is 12.6 Å². The average Bonchev–Trinajstić information content (AvgIpc) is 2.92. The fraction of sp³-hybridized carbons (Fsp3) is 0.500. The molecule has 116 valence electrons. The fourth-order valence-corrected chi connectivity index (χ4v) is 2.41. The first-order valence-electron chi connectivity index (χ1n) is 7.46. The molecule has 1 saturated heterocycles. The van der Waals surface area contributed by atoms with Crippen LogP contribution in [-0.4, -0.2) is 28.5 Å². The lowest BCUT2D eigenvalue weighted by molar-refractivity contribution is 0.00578. The summed E-state index contributed by atoms with van der Waals surface area (Å²) in [6, 6.07) is 6.00. The van der Waals surface area contributed by atoms with Crippen LogP contribution in [0.4, 0.5) is 0 Å². The molecule has 5 nitrogen and oxygen atoms in total.